The van der Waals surface area contributed by atoms with Gasteiger partial charge < -0.3 is 10.6 Å². The van der Waals surface area contributed by atoms with Crippen molar-refractivity contribution in [2.75, 3.05) is 18.0 Å². The summed E-state index contributed by atoms with van der Waals surface area (Å²) in [4.78, 5) is 13.4. The lowest BCUT2D eigenvalue weighted by Crippen LogP contribution is -2.28. The highest BCUT2D eigenvalue weighted by atomic mass is 35.5. The van der Waals surface area contributed by atoms with Gasteiger partial charge in [0.2, 0.25) is 5.91 Å². The number of halogens is 1. The molecule has 3 nitrogen and oxygen atoms in total. The van der Waals surface area contributed by atoms with Gasteiger partial charge >= 0.3 is 0 Å². The van der Waals surface area contributed by atoms with Crippen LogP contribution in [0.1, 0.15) is 0 Å². The molecule has 16 heavy (non-hydrogen) atoms. The number of benzene rings is 1. The van der Waals surface area contributed by atoms with Crippen molar-refractivity contribution < 1.29 is 4.79 Å². The van der Waals surface area contributed by atoms with Gasteiger partial charge in [-0.2, -0.15) is 0 Å². The Morgan fingerprint density at radius 3 is 2.25 bits per heavy atom. The number of hydrogen-bond acceptors (Lipinski definition) is 2. The summed E-state index contributed by atoms with van der Waals surface area (Å²) in [6.45, 7) is 1.98. The molecule has 0 bridgehead atoms. The Balaban J connectivity index is 0.000000963. The molecule has 1 amide bonds. The number of carbonyl (C=O) groups excluding carboxylic acids is 1. The number of carbonyl (C=O) groups is 1. The number of rotatable bonds is 2. The minimum Gasteiger partial charge on any atom is -0.371 e. The first-order valence-corrected chi connectivity index (χ1v) is 5.36. The van der Waals surface area contributed by atoms with Crippen LogP contribution in [0, 0.1) is 17.8 Å². The molecule has 0 radical (unpaired) electrons. The van der Waals surface area contributed by atoms with E-state index in [-0.39, 0.29) is 24.2 Å². The number of piperidine rings is 1. The van der Waals surface area contributed by atoms with Gasteiger partial charge in [0.05, 0.1) is 0 Å². The Bertz CT molecular complexity index is 383. The highest BCUT2D eigenvalue weighted by molar-refractivity contribution is 5.85. The molecular formula is C12H15ClN2O. The number of para-hydroxylation sites is 1. The molecule has 86 valence electrons. The van der Waals surface area contributed by atoms with E-state index in [1.54, 1.807) is 0 Å². The summed E-state index contributed by atoms with van der Waals surface area (Å²) in [5.74, 6) is 1.08. The molecule has 2 unspecified atom stereocenters. The van der Waals surface area contributed by atoms with E-state index in [4.69, 9.17) is 5.73 Å². The second-order valence-electron chi connectivity index (χ2n) is 4.50. The zero-order valence-electron chi connectivity index (χ0n) is 8.87. The number of nitrogens with two attached hydrogens (primary N) is 1. The number of fused-ring (bicyclic) bond motifs is 1. The van der Waals surface area contributed by atoms with Crippen LogP contribution in [-0.2, 0) is 4.79 Å². The van der Waals surface area contributed by atoms with E-state index in [1.807, 2.05) is 18.2 Å². The van der Waals surface area contributed by atoms with Gasteiger partial charge in [0.25, 0.3) is 0 Å². The summed E-state index contributed by atoms with van der Waals surface area (Å²) in [5.41, 5.74) is 6.57. The monoisotopic (exact) mass is 238 g/mol. The van der Waals surface area contributed by atoms with Crippen LogP contribution in [0.2, 0.25) is 0 Å². The predicted molar refractivity (Wildman–Crippen MR) is 65.6 cm³/mol. The maximum atomic E-state index is 11.0. The summed E-state index contributed by atoms with van der Waals surface area (Å²) in [6, 6.07) is 10.3. The summed E-state index contributed by atoms with van der Waals surface area (Å²) in [6.07, 6.45) is 0. The fourth-order valence-corrected chi connectivity index (χ4v) is 2.80. The van der Waals surface area contributed by atoms with Crippen molar-refractivity contribution in [3.8, 4) is 0 Å². The molecule has 1 heterocycles. The number of primary amides is 1. The Morgan fingerprint density at radius 2 is 1.75 bits per heavy atom. The van der Waals surface area contributed by atoms with Crippen molar-refractivity contribution in [3.05, 3.63) is 30.3 Å². The lowest BCUT2D eigenvalue weighted by Gasteiger charge is -2.21. The van der Waals surface area contributed by atoms with Gasteiger partial charge in [-0.25, -0.2) is 0 Å². The topological polar surface area (TPSA) is 46.3 Å². The molecule has 3 rings (SSSR count). The second-order valence-corrected chi connectivity index (χ2v) is 4.50. The van der Waals surface area contributed by atoms with Gasteiger partial charge in [-0.3, -0.25) is 4.79 Å². The molecule has 2 N–H and O–H groups in total. The van der Waals surface area contributed by atoms with Gasteiger partial charge in [0, 0.05) is 24.7 Å². The highest BCUT2D eigenvalue weighted by Crippen LogP contribution is 2.52. The van der Waals surface area contributed by atoms with Gasteiger partial charge in [-0.15, -0.1) is 12.4 Å². The van der Waals surface area contributed by atoms with Gasteiger partial charge in [0.1, 0.15) is 0 Å². The standard InChI is InChI=1S/C12H14N2O.ClH/c13-12(15)11-9-6-14(7-10(9)11)8-4-2-1-3-5-8;/h1-5,9-11H,6-7H2,(H2,13,15);1H. The van der Waals surface area contributed by atoms with E-state index in [1.165, 1.54) is 5.69 Å². The first-order valence-electron chi connectivity index (χ1n) is 5.36. The summed E-state index contributed by atoms with van der Waals surface area (Å²) in [5, 5.41) is 0. The average molecular weight is 239 g/mol. The van der Waals surface area contributed by atoms with Crippen LogP contribution in [0.15, 0.2) is 30.3 Å². The molecular weight excluding hydrogens is 224 g/mol. The summed E-state index contributed by atoms with van der Waals surface area (Å²) in [7, 11) is 0. The maximum Gasteiger partial charge on any atom is 0.221 e. The third-order valence-corrected chi connectivity index (χ3v) is 3.64. The molecule has 0 spiro atoms. The van der Waals surface area contributed by atoms with Crippen molar-refractivity contribution in [1.82, 2.24) is 0 Å². The van der Waals surface area contributed by atoms with Crippen LogP contribution < -0.4 is 10.6 Å². The molecule has 1 saturated carbocycles. The zero-order chi connectivity index (χ0) is 10.4. The third-order valence-electron chi connectivity index (χ3n) is 3.64. The Labute approximate surface area is 101 Å². The first kappa shape index (κ1) is 11.3. The Hall–Kier alpha value is -1.22. The van der Waals surface area contributed by atoms with Crippen molar-refractivity contribution in [2.24, 2.45) is 23.5 Å². The highest BCUT2D eigenvalue weighted by Gasteiger charge is 2.58. The Morgan fingerprint density at radius 1 is 1.19 bits per heavy atom. The van der Waals surface area contributed by atoms with E-state index in [0.717, 1.165) is 13.1 Å². The van der Waals surface area contributed by atoms with Crippen LogP contribution in [0.25, 0.3) is 0 Å². The van der Waals surface area contributed by atoms with Crippen LogP contribution in [0.4, 0.5) is 5.69 Å². The summed E-state index contributed by atoms with van der Waals surface area (Å²) < 4.78 is 0. The number of nitrogens with zero attached hydrogens (tertiary/aromatic N) is 1. The quantitative estimate of drug-likeness (QED) is 0.844. The van der Waals surface area contributed by atoms with E-state index in [9.17, 15) is 4.79 Å². The van der Waals surface area contributed by atoms with Gasteiger partial charge in [-0.05, 0) is 24.0 Å². The van der Waals surface area contributed by atoms with Crippen molar-refractivity contribution >= 4 is 24.0 Å². The van der Waals surface area contributed by atoms with Crippen LogP contribution in [0.3, 0.4) is 0 Å². The van der Waals surface area contributed by atoms with Gasteiger partial charge in [-0.1, -0.05) is 18.2 Å². The molecule has 1 aromatic rings. The third kappa shape index (κ3) is 1.65. The van der Waals surface area contributed by atoms with Crippen molar-refractivity contribution in [3.63, 3.8) is 0 Å². The fraction of sp³-hybridized carbons (Fsp3) is 0.417. The van der Waals surface area contributed by atoms with Crippen molar-refractivity contribution in [1.29, 1.82) is 0 Å². The molecule has 1 saturated heterocycles. The largest absolute Gasteiger partial charge is 0.371 e. The van der Waals surface area contributed by atoms with Crippen molar-refractivity contribution in [2.45, 2.75) is 0 Å². The van der Waals surface area contributed by atoms with E-state index < -0.39 is 0 Å². The first-order chi connectivity index (χ1) is 7.27. The smallest absolute Gasteiger partial charge is 0.221 e. The maximum absolute atomic E-state index is 11.0. The number of anilines is 1. The molecule has 1 aliphatic heterocycles. The Kier molecular flexibility index (Phi) is 2.80. The normalized spacial score (nSPS) is 30.5. The molecule has 0 aromatic heterocycles. The number of amides is 1. The van der Waals surface area contributed by atoms with Gasteiger partial charge in [0.15, 0.2) is 0 Å². The summed E-state index contributed by atoms with van der Waals surface area (Å²) >= 11 is 0. The second kappa shape index (κ2) is 3.98. The SMILES string of the molecule is Cl.NC(=O)C1C2CN(c3ccccc3)CC21. The van der Waals surface area contributed by atoms with E-state index in [2.05, 4.69) is 17.0 Å². The predicted octanol–water partition coefficient (Wildman–Crippen LogP) is 1.28. The minimum atomic E-state index is -0.113. The average Bonchev–Trinajstić information content (AvgIpc) is 2.77. The lowest BCUT2D eigenvalue weighted by atomic mass is 10.2. The van der Waals surface area contributed by atoms with Crippen LogP contribution in [-0.4, -0.2) is 19.0 Å². The van der Waals surface area contributed by atoms with E-state index in [0.29, 0.717) is 11.8 Å². The minimum absolute atomic E-state index is 0. The molecule has 2 aliphatic rings. The lowest BCUT2D eigenvalue weighted by molar-refractivity contribution is -0.119. The molecule has 2 atom stereocenters. The molecule has 2 fully saturated rings. The van der Waals surface area contributed by atoms with Crippen LogP contribution in [0.5, 0.6) is 0 Å². The number of hydrogen-bond donors (Lipinski definition) is 1. The fourth-order valence-electron chi connectivity index (χ4n) is 2.80. The molecule has 4 heteroatoms. The molecule has 1 aromatic carbocycles. The molecule has 1 aliphatic carbocycles. The van der Waals surface area contributed by atoms with Crippen LogP contribution >= 0.6 is 12.4 Å². The van der Waals surface area contributed by atoms with E-state index >= 15 is 0 Å². The zero-order valence-corrected chi connectivity index (χ0v) is 9.69.